The van der Waals surface area contributed by atoms with Crippen molar-refractivity contribution in [2.45, 2.75) is 32.3 Å². The third-order valence-corrected chi connectivity index (χ3v) is 5.81. The van der Waals surface area contributed by atoms with E-state index < -0.39 is 5.97 Å². The summed E-state index contributed by atoms with van der Waals surface area (Å²) in [6.07, 6.45) is 1.34. The van der Waals surface area contributed by atoms with Crippen molar-refractivity contribution in [3.63, 3.8) is 0 Å². The van der Waals surface area contributed by atoms with E-state index in [0.29, 0.717) is 30.5 Å². The minimum Gasteiger partial charge on any atom is -0.492 e. The van der Waals surface area contributed by atoms with Crippen LogP contribution in [0.25, 0.3) is 11.1 Å². The number of aliphatic carboxylic acids is 1. The fourth-order valence-corrected chi connectivity index (χ4v) is 4.29. The van der Waals surface area contributed by atoms with Gasteiger partial charge in [0.2, 0.25) is 0 Å². The highest BCUT2D eigenvalue weighted by Crippen LogP contribution is 2.46. The molecule has 0 saturated heterocycles. The van der Waals surface area contributed by atoms with Gasteiger partial charge in [0.15, 0.2) is 17.6 Å². The molecule has 2 aliphatic rings. The molecule has 0 fully saturated rings. The van der Waals surface area contributed by atoms with Crippen molar-refractivity contribution in [1.29, 1.82) is 0 Å². The Morgan fingerprint density at radius 3 is 2.58 bits per heavy atom. The lowest BCUT2D eigenvalue weighted by Crippen LogP contribution is -2.21. The summed E-state index contributed by atoms with van der Waals surface area (Å²) < 4.78 is 18.0. The number of ether oxygens (including phenoxy) is 3. The van der Waals surface area contributed by atoms with Crippen LogP contribution in [0.1, 0.15) is 41.0 Å². The number of hydrogen-bond donors (Lipinski definition) is 1. The summed E-state index contributed by atoms with van der Waals surface area (Å²) >= 11 is 0. The van der Waals surface area contributed by atoms with Crippen LogP contribution in [0.5, 0.6) is 17.2 Å². The monoisotopic (exact) mass is 418 g/mol. The van der Waals surface area contributed by atoms with Gasteiger partial charge >= 0.3 is 5.97 Å². The van der Waals surface area contributed by atoms with E-state index in [2.05, 4.69) is 16.0 Å². The van der Waals surface area contributed by atoms with E-state index in [9.17, 15) is 4.79 Å². The lowest BCUT2D eigenvalue weighted by atomic mass is 9.97. The maximum atomic E-state index is 11.1. The Bertz CT molecular complexity index is 1160. The molecule has 0 spiro atoms. The fourth-order valence-electron chi connectivity index (χ4n) is 4.29. The van der Waals surface area contributed by atoms with Crippen LogP contribution in [0.2, 0.25) is 0 Å². The van der Waals surface area contributed by atoms with Gasteiger partial charge in [-0.15, -0.1) is 0 Å². The molecule has 2 aliphatic heterocycles. The molecule has 31 heavy (non-hydrogen) atoms. The summed E-state index contributed by atoms with van der Waals surface area (Å²) in [5.74, 6) is 0.874. The van der Waals surface area contributed by atoms with Crippen molar-refractivity contribution in [3.05, 3.63) is 65.2 Å². The first-order chi connectivity index (χ1) is 15.0. The molecule has 0 amide bonds. The van der Waals surface area contributed by atoms with Crippen molar-refractivity contribution in [2.75, 3.05) is 13.2 Å². The number of benzene rings is 2. The Balaban J connectivity index is 1.43. The minimum absolute atomic E-state index is 0.0318. The van der Waals surface area contributed by atoms with E-state index in [0.717, 1.165) is 33.6 Å². The molecule has 1 N–H and O–H groups in total. The molecule has 2 aromatic carbocycles. The third-order valence-electron chi connectivity index (χ3n) is 5.81. The molecule has 5 rings (SSSR count). The van der Waals surface area contributed by atoms with E-state index in [-0.39, 0.29) is 18.4 Å². The standard InChI is InChI=1S/C24H22N2O5/c1-13-24(14(2)26-12-25-13)16-5-3-4-15(6-16)22-11-30-20-8-18-17(7-23(27)28)10-29-19(18)9-21(20)31-22/h3-6,8-9,12,17,22H,7,10-11H2,1-2H3,(H,27,28)/t17-,22?/m1/s1. The Kier molecular flexibility index (Phi) is 4.73. The first-order valence-corrected chi connectivity index (χ1v) is 10.2. The van der Waals surface area contributed by atoms with Gasteiger partial charge in [-0.3, -0.25) is 4.79 Å². The topological polar surface area (TPSA) is 90.8 Å². The molecule has 3 aromatic rings. The van der Waals surface area contributed by atoms with Crippen molar-refractivity contribution in [2.24, 2.45) is 0 Å². The predicted octanol–water partition coefficient (Wildman–Crippen LogP) is 4.22. The van der Waals surface area contributed by atoms with Gasteiger partial charge in [0.1, 0.15) is 18.7 Å². The second-order valence-electron chi connectivity index (χ2n) is 7.91. The van der Waals surface area contributed by atoms with Crippen LogP contribution in [-0.4, -0.2) is 34.3 Å². The Morgan fingerprint density at radius 1 is 1.03 bits per heavy atom. The second kappa shape index (κ2) is 7.58. The van der Waals surface area contributed by atoms with Crippen LogP contribution in [0.4, 0.5) is 0 Å². The average Bonchev–Trinajstić information content (AvgIpc) is 3.13. The van der Waals surface area contributed by atoms with Crippen molar-refractivity contribution >= 4 is 5.97 Å². The first-order valence-electron chi connectivity index (χ1n) is 10.2. The Hall–Kier alpha value is -3.61. The number of aryl methyl sites for hydroxylation is 2. The SMILES string of the molecule is Cc1ncnc(C)c1-c1cccc(C2COc3cc4c(cc3O2)OC[C@H]4CC(=O)O)c1. The first kappa shape index (κ1) is 19.4. The van der Waals surface area contributed by atoms with Gasteiger partial charge in [0.05, 0.1) is 13.0 Å². The number of carboxylic acid groups (broad SMARTS) is 1. The lowest BCUT2D eigenvalue weighted by Gasteiger charge is -2.27. The van der Waals surface area contributed by atoms with Gasteiger partial charge in [0, 0.05) is 34.5 Å². The number of rotatable bonds is 4. The van der Waals surface area contributed by atoms with Crippen LogP contribution < -0.4 is 14.2 Å². The maximum absolute atomic E-state index is 11.1. The zero-order valence-corrected chi connectivity index (χ0v) is 17.3. The van der Waals surface area contributed by atoms with Crippen LogP contribution >= 0.6 is 0 Å². The number of carbonyl (C=O) groups is 1. The zero-order valence-electron chi connectivity index (χ0n) is 17.3. The largest absolute Gasteiger partial charge is 0.492 e. The van der Waals surface area contributed by atoms with Crippen molar-refractivity contribution < 1.29 is 24.1 Å². The van der Waals surface area contributed by atoms with E-state index in [1.54, 1.807) is 6.33 Å². The summed E-state index contributed by atoms with van der Waals surface area (Å²) in [5.41, 5.74) is 5.78. The molecule has 0 saturated carbocycles. The number of hydrogen-bond acceptors (Lipinski definition) is 6. The Morgan fingerprint density at radius 2 is 1.81 bits per heavy atom. The molecule has 1 aromatic heterocycles. The maximum Gasteiger partial charge on any atom is 0.304 e. The minimum atomic E-state index is -0.842. The highest BCUT2D eigenvalue weighted by atomic mass is 16.6. The molecule has 0 aliphatic carbocycles. The summed E-state index contributed by atoms with van der Waals surface area (Å²) in [5, 5.41) is 9.12. The molecular weight excluding hydrogens is 396 g/mol. The summed E-state index contributed by atoms with van der Waals surface area (Å²) in [4.78, 5) is 19.8. The zero-order chi connectivity index (χ0) is 21.5. The number of aromatic nitrogens is 2. The molecule has 1 unspecified atom stereocenters. The lowest BCUT2D eigenvalue weighted by molar-refractivity contribution is -0.137. The van der Waals surface area contributed by atoms with Crippen LogP contribution in [-0.2, 0) is 4.79 Å². The normalized spacial score (nSPS) is 18.9. The molecule has 7 nitrogen and oxygen atoms in total. The predicted molar refractivity (Wildman–Crippen MR) is 113 cm³/mol. The molecule has 158 valence electrons. The molecule has 2 atom stereocenters. The van der Waals surface area contributed by atoms with Gasteiger partial charge in [0.25, 0.3) is 0 Å². The number of carboxylic acids is 1. The van der Waals surface area contributed by atoms with Gasteiger partial charge in [-0.2, -0.15) is 0 Å². The Labute approximate surface area is 179 Å². The van der Waals surface area contributed by atoms with Crippen LogP contribution in [0.3, 0.4) is 0 Å². The highest BCUT2D eigenvalue weighted by molar-refractivity contribution is 5.70. The molecular formula is C24H22N2O5. The van der Waals surface area contributed by atoms with Gasteiger partial charge in [-0.25, -0.2) is 9.97 Å². The number of nitrogens with zero attached hydrogens (tertiary/aromatic N) is 2. The third kappa shape index (κ3) is 3.56. The van der Waals surface area contributed by atoms with E-state index in [1.807, 2.05) is 44.2 Å². The molecule has 0 radical (unpaired) electrons. The van der Waals surface area contributed by atoms with Crippen LogP contribution in [0.15, 0.2) is 42.7 Å². The quantitative estimate of drug-likeness (QED) is 0.678. The van der Waals surface area contributed by atoms with Gasteiger partial charge in [-0.05, 0) is 37.1 Å². The summed E-state index contributed by atoms with van der Waals surface area (Å²) in [7, 11) is 0. The van der Waals surface area contributed by atoms with Crippen LogP contribution in [0, 0.1) is 13.8 Å². The molecule has 3 heterocycles. The number of fused-ring (bicyclic) bond motifs is 2. The van der Waals surface area contributed by atoms with E-state index in [1.165, 1.54) is 0 Å². The van der Waals surface area contributed by atoms with Crippen molar-refractivity contribution in [1.82, 2.24) is 9.97 Å². The van der Waals surface area contributed by atoms with Crippen molar-refractivity contribution in [3.8, 4) is 28.4 Å². The summed E-state index contributed by atoms with van der Waals surface area (Å²) in [6.45, 7) is 4.67. The fraction of sp³-hybridized carbons (Fsp3) is 0.292. The van der Waals surface area contributed by atoms with E-state index in [4.69, 9.17) is 19.3 Å². The van der Waals surface area contributed by atoms with Gasteiger partial charge < -0.3 is 19.3 Å². The second-order valence-corrected chi connectivity index (χ2v) is 7.91. The van der Waals surface area contributed by atoms with Gasteiger partial charge in [-0.1, -0.05) is 18.2 Å². The summed E-state index contributed by atoms with van der Waals surface area (Å²) in [6, 6.07) is 11.8. The van der Waals surface area contributed by atoms with E-state index >= 15 is 0 Å². The molecule has 0 bridgehead atoms. The smallest absolute Gasteiger partial charge is 0.304 e. The average molecular weight is 418 g/mol. The molecule has 7 heteroatoms. The highest BCUT2D eigenvalue weighted by Gasteiger charge is 2.31.